The van der Waals surface area contributed by atoms with Gasteiger partial charge in [0.05, 0.1) is 13.2 Å². The molecular weight excluding hydrogens is 845 g/mol. The zero-order valence-corrected chi connectivity index (χ0v) is 40.5. The lowest BCUT2D eigenvalue weighted by molar-refractivity contribution is -0.143. The van der Waals surface area contributed by atoms with Crippen LogP contribution in [0.3, 0.4) is 0 Å². The van der Waals surface area contributed by atoms with Gasteiger partial charge in [-0.25, -0.2) is 0 Å². The normalized spacial score (nSPS) is 18.2. The quantitative estimate of drug-likeness (QED) is 0.0530. The minimum absolute atomic E-state index is 0.0722. The van der Waals surface area contributed by atoms with E-state index in [1.807, 2.05) is 6.92 Å². The van der Waals surface area contributed by atoms with Gasteiger partial charge in [0.25, 0.3) is 0 Å². The number of unbranched alkanes of at least 4 members (excludes halogenated alkanes) is 5. The minimum Gasteiger partial charge on any atom is -0.508 e. The van der Waals surface area contributed by atoms with E-state index in [0.717, 1.165) is 49.5 Å². The summed E-state index contributed by atoms with van der Waals surface area (Å²) in [5.41, 5.74) is 6.61. The fourth-order valence-electron chi connectivity index (χ4n) is 8.62. The molecule has 1 aromatic carbocycles. The first-order valence-electron chi connectivity index (χ1n) is 24.8. The van der Waals surface area contributed by atoms with E-state index in [1.54, 1.807) is 19.1 Å². The number of nitrogens with one attached hydrogen (secondary N) is 5. The second-order valence-corrected chi connectivity index (χ2v) is 18.4. The molecule has 2 aliphatic heterocycles. The maximum atomic E-state index is 14.2. The molecule has 7 unspecified atom stereocenters. The molecule has 7 amide bonds. The Morgan fingerprint density at radius 3 is 2.11 bits per heavy atom. The van der Waals surface area contributed by atoms with Crippen molar-refractivity contribution < 1.29 is 43.4 Å². The fraction of sp³-hybridized carbons (Fsp3) is 0.735. The van der Waals surface area contributed by atoms with Gasteiger partial charge in [-0.2, -0.15) is 0 Å². The zero-order valence-electron chi connectivity index (χ0n) is 40.5. The van der Waals surface area contributed by atoms with E-state index < -0.39 is 59.7 Å². The molecule has 0 saturated carbocycles. The number of phenolic OH excluding ortho intramolecular Hbond substituents is 1. The fourth-order valence-corrected chi connectivity index (χ4v) is 8.62. The molecule has 2 aliphatic rings. The summed E-state index contributed by atoms with van der Waals surface area (Å²) in [6.45, 7) is 11.0. The van der Waals surface area contributed by atoms with Crippen molar-refractivity contribution in [2.45, 2.75) is 180 Å². The van der Waals surface area contributed by atoms with Crippen LogP contribution >= 0.6 is 0 Å². The Morgan fingerprint density at radius 1 is 0.727 bits per heavy atom. The van der Waals surface area contributed by atoms with E-state index in [0.29, 0.717) is 45.2 Å². The summed E-state index contributed by atoms with van der Waals surface area (Å²) in [6.07, 6.45) is 13.5. The number of carbonyl (C=O) groups is 7. The average Bonchev–Trinajstić information content (AvgIpc) is 4.02. The largest absolute Gasteiger partial charge is 0.508 e. The highest BCUT2D eigenvalue weighted by atomic mass is 16.5. The predicted octanol–water partition coefficient (Wildman–Crippen LogP) is 3.94. The molecule has 0 bridgehead atoms. The molecule has 0 spiro atoms. The maximum Gasteiger partial charge on any atom is 0.247 e. The van der Waals surface area contributed by atoms with Gasteiger partial charge in [0.2, 0.25) is 41.4 Å². The lowest BCUT2D eigenvalue weighted by atomic mass is 9.91. The van der Waals surface area contributed by atoms with Crippen LogP contribution in [0.15, 0.2) is 24.3 Å². The summed E-state index contributed by atoms with van der Waals surface area (Å²) in [7, 11) is 0. The summed E-state index contributed by atoms with van der Waals surface area (Å²) in [6, 6.07) is 1.46. The van der Waals surface area contributed by atoms with Crippen LogP contribution in [0.4, 0.5) is 0 Å². The number of aryl methyl sites for hydroxylation is 1. The molecule has 17 nitrogen and oxygen atoms in total. The van der Waals surface area contributed by atoms with Gasteiger partial charge in [-0.15, -0.1) is 0 Å². The molecule has 66 heavy (non-hydrogen) atoms. The SMILES string of the molecule is CCCNC(=O)C1CCCN1C(=O)C(CCCN)NC(=O)C(CCc1ccc(O)cc1)NC(=O)C1COCN1C(=O)C(CC)NC(=O)CNC(=O)CCCCCCCCC(C)CC(C)CC. The Balaban J connectivity index is 1.58. The molecule has 2 heterocycles. The Bertz CT molecular complexity index is 1680. The van der Waals surface area contributed by atoms with Gasteiger partial charge in [0.15, 0.2) is 0 Å². The van der Waals surface area contributed by atoms with Crippen molar-refractivity contribution >= 4 is 41.4 Å². The third-order valence-corrected chi connectivity index (χ3v) is 12.8. The van der Waals surface area contributed by atoms with Crippen molar-refractivity contribution in [3.05, 3.63) is 29.8 Å². The van der Waals surface area contributed by atoms with Crippen LogP contribution in [0.2, 0.25) is 0 Å². The van der Waals surface area contributed by atoms with Gasteiger partial charge < -0.3 is 52.0 Å². The van der Waals surface area contributed by atoms with Crippen LogP contribution in [-0.4, -0.2) is 126 Å². The summed E-state index contributed by atoms with van der Waals surface area (Å²) < 4.78 is 5.58. The second-order valence-electron chi connectivity index (χ2n) is 18.4. The number of nitrogens with two attached hydrogens (primary N) is 1. The smallest absolute Gasteiger partial charge is 0.247 e. The first kappa shape index (κ1) is 55.6. The van der Waals surface area contributed by atoms with Crippen molar-refractivity contribution in [3.63, 3.8) is 0 Å². The second kappa shape index (κ2) is 30.5. The monoisotopic (exact) mass is 927 g/mol. The lowest BCUT2D eigenvalue weighted by Crippen LogP contribution is -2.59. The van der Waals surface area contributed by atoms with Crippen LogP contribution in [0.25, 0.3) is 0 Å². The van der Waals surface area contributed by atoms with E-state index in [2.05, 4.69) is 47.4 Å². The number of aromatic hydroxyl groups is 1. The number of hydrogen-bond donors (Lipinski definition) is 7. The Hall–Kier alpha value is -4.77. The highest BCUT2D eigenvalue weighted by Gasteiger charge is 2.41. The van der Waals surface area contributed by atoms with E-state index in [4.69, 9.17) is 10.5 Å². The van der Waals surface area contributed by atoms with E-state index in [1.165, 1.54) is 54.0 Å². The number of phenols is 1. The van der Waals surface area contributed by atoms with E-state index in [9.17, 15) is 38.7 Å². The van der Waals surface area contributed by atoms with Crippen LogP contribution in [0, 0.1) is 11.8 Å². The van der Waals surface area contributed by atoms with E-state index >= 15 is 0 Å². The summed E-state index contributed by atoms with van der Waals surface area (Å²) in [4.78, 5) is 97.2. The van der Waals surface area contributed by atoms with Crippen molar-refractivity contribution in [1.29, 1.82) is 0 Å². The molecule has 2 fully saturated rings. The average molecular weight is 927 g/mol. The summed E-state index contributed by atoms with van der Waals surface area (Å²) in [5, 5.41) is 23.7. The number of benzene rings is 1. The molecule has 3 rings (SSSR count). The van der Waals surface area contributed by atoms with Crippen LogP contribution in [-0.2, 0) is 44.7 Å². The van der Waals surface area contributed by atoms with Crippen molar-refractivity contribution in [3.8, 4) is 5.75 Å². The Morgan fingerprint density at radius 2 is 1.42 bits per heavy atom. The maximum absolute atomic E-state index is 14.2. The predicted molar refractivity (Wildman–Crippen MR) is 253 cm³/mol. The van der Waals surface area contributed by atoms with Crippen LogP contribution in [0.1, 0.15) is 149 Å². The van der Waals surface area contributed by atoms with E-state index in [-0.39, 0.29) is 63.3 Å². The molecule has 0 radical (unpaired) electrons. The molecule has 0 aliphatic carbocycles. The van der Waals surface area contributed by atoms with Crippen molar-refractivity contribution in [2.24, 2.45) is 17.6 Å². The highest BCUT2D eigenvalue weighted by Crippen LogP contribution is 2.22. The first-order valence-corrected chi connectivity index (χ1v) is 24.8. The number of amides is 7. The Kier molecular flexibility index (Phi) is 25.7. The van der Waals surface area contributed by atoms with Gasteiger partial charge in [0, 0.05) is 19.5 Å². The summed E-state index contributed by atoms with van der Waals surface area (Å²) in [5.74, 6) is -1.66. The molecule has 2 saturated heterocycles. The third kappa shape index (κ3) is 19.2. The topological polar surface area (TPSA) is 242 Å². The minimum atomic E-state index is -1.16. The van der Waals surface area contributed by atoms with Crippen molar-refractivity contribution in [2.75, 3.05) is 39.5 Å². The van der Waals surface area contributed by atoms with Gasteiger partial charge in [-0.05, 0) is 100 Å². The highest BCUT2D eigenvalue weighted by molar-refractivity contribution is 5.97. The summed E-state index contributed by atoms with van der Waals surface area (Å²) >= 11 is 0. The number of ether oxygens (including phenoxy) is 1. The molecule has 17 heteroatoms. The number of carbonyl (C=O) groups excluding carboxylic acids is 7. The van der Waals surface area contributed by atoms with Gasteiger partial charge in [-0.3, -0.25) is 33.6 Å². The number of rotatable bonds is 31. The van der Waals surface area contributed by atoms with Gasteiger partial charge in [0.1, 0.15) is 42.7 Å². The zero-order chi connectivity index (χ0) is 48.4. The molecule has 372 valence electrons. The molecular formula is C49H82N8O9. The van der Waals surface area contributed by atoms with Gasteiger partial charge in [-0.1, -0.05) is 91.7 Å². The molecule has 8 N–H and O–H groups in total. The lowest BCUT2D eigenvalue weighted by Gasteiger charge is -2.30. The number of likely N-dealkylation sites (tertiary alicyclic amines) is 1. The Labute approximate surface area is 393 Å². The molecule has 0 aromatic heterocycles. The van der Waals surface area contributed by atoms with Crippen molar-refractivity contribution in [1.82, 2.24) is 36.4 Å². The number of nitrogens with zero attached hydrogens (tertiary/aromatic N) is 2. The van der Waals surface area contributed by atoms with Crippen LogP contribution in [0.5, 0.6) is 5.75 Å². The van der Waals surface area contributed by atoms with Crippen LogP contribution < -0.4 is 32.3 Å². The standard InChI is InChI=1S/C49H82N8O9/c1-6-28-51-46(62)41-19-16-29-56(41)49(65)40(18-15-27-50)55-45(61)39(26-23-36-21-24-37(58)25-22-36)54-47(63)42-32-66-33-57(42)48(64)38(8-3)53-44(60)31-52-43(59)20-14-12-10-9-11-13-17-35(5)30-34(4)7-2/h21-22,24-25,34-35,38-42,58H,6-20,23,26-33,50H2,1-5H3,(H,51,62)(H,52,59)(H,53,60)(H,54,63)(H,55,61). The molecule has 7 atom stereocenters. The first-order chi connectivity index (χ1) is 31.7. The molecule has 1 aromatic rings. The third-order valence-electron chi connectivity index (χ3n) is 12.8. The van der Waals surface area contributed by atoms with Gasteiger partial charge >= 0.3 is 0 Å². The number of hydrogen-bond acceptors (Lipinski definition) is 10.